The molecule has 13 heteroatoms. The van der Waals surface area contributed by atoms with Gasteiger partial charge in [0.1, 0.15) is 0 Å². The van der Waals surface area contributed by atoms with Crippen LogP contribution < -0.4 is 10.6 Å². The average molecular weight is 663 g/mol. The summed E-state index contributed by atoms with van der Waals surface area (Å²) < 4.78 is 41.8. The molecule has 2 aromatic rings. The summed E-state index contributed by atoms with van der Waals surface area (Å²) in [4.78, 5) is 47.8. The number of para-hydroxylation sites is 1. The van der Waals surface area contributed by atoms with Crippen LogP contribution in [0.5, 0.6) is 0 Å². The van der Waals surface area contributed by atoms with E-state index in [1.165, 1.54) is 13.1 Å². The van der Waals surface area contributed by atoms with E-state index in [1.54, 1.807) is 9.80 Å². The maximum atomic E-state index is 13.9. The number of carbonyl (C=O) groups excluding carboxylic acids is 3. The molecule has 46 heavy (non-hydrogen) atoms. The minimum atomic E-state index is -4.65. The molecule has 3 aliphatic heterocycles. The van der Waals surface area contributed by atoms with Crippen molar-refractivity contribution in [3.63, 3.8) is 0 Å². The van der Waals surface area contributed by atoms with E-state index in [2.05, 4.69) is 15.5 Å². The number of rotatable bonds is 8. The zero-order chi connectivity index (χ0) is 33.2. The van der Waals surface area contributed by atoms with Crippen LogP contribution in [0.1, 0.15) is 48.8 Å². The van der Waals surface area contributed by atoms with Gasteiger partial charge in [-0.25, -0.2) is 4.79 Å². The van der Waals surface area contributed by atoms with Crippen LogP contribution in [-0.2, 0) is 28.7 Å². The topological polar surface area (TPSA) is 88.2 Å². The predicted molar refractivity (Wildman–Crippen MR) is 172 cm³/mol. The Balaban J connectivity index is 1.29. The minimum Gasteiger partial charge on any atom is -0.386 e. The maximum Gasteiger partial charge on any atom is 0.418 e. The molecule has 2 fully saturated rings. The van der Waals surface area contributed by atoms with E-state index >= 15 is 0 Å². The summed E-state index contributed by atoms with van der Waals surface area (Å²) >= 11 is 6.27. The molecule has 9 nitrogen and oxygen atoms in total. The van der Waals surface area contributed by atoms with Crippen molar-refractivity contribution in [1.29, 1.82) is 0 Å². The molecular weight excluding hydrogens is 621 g/mol. The summed E-state index contributed by atoms with van der Waals surface area (Å²) in [7, 11) is 5.37. The van der Waals surface area contributed by atoms with Gasteiger partial charge in [0.05, 0.1) is 22.2 Å². The van der Waals surface area contributed by atoms with Crippen molar-refractivity contribution >= 4 is 40.8 Å². The normalized spacial score (nSPS) is 18.8. The fraction of sp³-hybridized carbons (Fsp3) is 0.545. The zero-order valence-electron chi connectivity index (χ0n) is 26.5. The van der Waals surface area contributed by atoms with E-state index in [4.69, 9.17) is 11.6 Å². The number of carbonyl (C=O) groups is 3. The van der Waals surface area contributed by atoms with Gasteiger partial charge in [-0.15, -0.1) is 0 Å². The van der Waals surface area contributed by atoms with Crippen LogP contribution in [0.2, 0.25) is 5.02 Å². The van der Waals surface area contributed by atoms with Crippen molar-refractivity contribution in [2.24, 2.45) is 5.92 Å². The lowest BCUT2D eigenvalue weighted by atomic mass is 9.91. The first kappa shape index (κ1) is 33.8. The quantitative estimate of drug-likeness (QED) is 0.388. The Kier molecular flexibility index (Phi) is 10.4. The van der Waals surface area contributed by atoms with Crippen LogP contribution in [0, 0.1) is 5.92 Å². The van der Waals surface area contributed by atoms with Crippen molar-refractivity contribution in [1.82, 2.24) is 19.6 Å². The number of anilines is 2. The minimum absolute atomic E-state index is 0.0403. The predicted octanol–water partition coefficient (Wildman–Crippen LogP) is 5.54. The van der Waals surface area contributed by atoms with Crippen molar-refractivity contribution in [3.05, 3.63) is 58.1 Å². The van der Waals surface area contributed by atoms with E-state index in [1.807, 2.05) is 43.3 Å². The van der Waals surface area contributed by atoms with Gasteiger partial charge in [-0.1, -0.05) is 29.8 Å². The maximum absolute atomic E-state index is 13.9. The number of hydrogen-bond donors (Lipinski definition) is 2. The van der Waals surface area contributed by atoms with E-state index < -0.39 is 17.7 Å². The van der Waals surface area contributed by atoms with E-state index in [9.17, 15) is 27.6 Å². The van der Waals surface area contributed by atoms with Crippen LogP contribution in [0.4, 0.5) is 29.3 Å². The number of urea groups is 1. The smallest absolute Gasteiger partial charge is 0.386 e. The lowest BCUT2D eigenvalue weighted by Crippen LogP contribution is -2.51. The Hall–Kier alpha value is -3.51. The average Bonchev–Trinajstić information content (AvgIpc) is 3.03. The molecular formula is C33H42ClF3N6O3. The first-order valence-electron chi connectivity index (χ1n) is 15.8. The third-order valence-electron chi connectivity index (χ3n) is 9.58. The first-order valence-corrected chi connectivity index (χ1v) is 16.2. The number of nitrogens with zero attached hydrogens (tertiary/aromatic N) is 4. The third kappa shape index (κ3) is 7.54. The van der Waals surface area contributed by atoms with Crippen LogP contribution in [-0.4, -0.2) is 96.9 Å². The molecule has 0 aliphatic carbocycles. The second-order valence-electron chi connectivity index (χ2n) is 12.7. The van der Waals surface area contributed by atoms with Gasteiger partial charge < -0.3 is 30.2 Å². The lowest BCUT2D eigenvalue weighted by Gasteiger charge is -2.41. The molecule has 0 radical (unpaired) electrons. The summed E-state index contributed by atoms with van der Waals surface area (Å²) in [6, 6.07) is 10.3. The van der Waals surface area contributed by atoms with Crippen LogP contribution in [0.25, 0.3) is 0 Å². The number of halogens is 4. The summed E-state index contributed by atoms with van der Waals surface area (Å²) in [5, 5.41) is 5.38. The van der Waals surface area contributed by atoms with Crippen LogP contribution in [0.15, 0.2) is 36.4 Å². The molecule has 3 heterocycles. The van der Waals surface area contributed by atoms with Crippen LogP contribution in [0.3, 0.4) is 0 Å². The SMILES string of the molecule is CNc1c(Cl)cc(C[C@@H](CC(=O)N2CCC(N3Cc4ccccc4NC3=O)CC2)C(=O)N2CCC(N(C)C)CC2)cc1C(F)(F)F. The Morgan fingerprint density at radius 1 is 1.04 bits per heavy atom. The Labute approximate surface area is 273 Å². The number of amides is 4. The highest BCUT2D eigenvalue weighted by atomic mass is 35.5. The standard InChI is InChI=1S/C33H42ClF3N6O3/c1-38-30-26(33(35,36)37)17-21(18-27(30)34)16-23(31(45)42-14-8-24(9-15-42)40(2)3)19-29(44)41-12-10-25(11-13-41)43-20-22-6-4-5-7-28(22)39-32(43)46/h4-7,17-18,23-25,38H,8-16,19-20H2,1-3H3,(H,39,46)/t23-/m0/s1. The summed E-state index contributed by atoms with van der Waals surface area (Å²) in [5.74, 6) is -1.29. The second kappa shape index (κ2) is 14.1. The van der Waals surface area contributed by atoms with Gasteiger partial charge >= 0.3 is 12.2 Å². The van der Waals surface area contributed by atoms with Gasteiger partial charge in [0.25, 0.3) is 0 Å². The molecule has 4 amide bonds. The molecule has 1 atom stereocenters. The Morgan fingerprint density at radius 2 is 1.70 bits per heavy atom. The van der Waals surface area contributed by atoms with Crippen molar-refractivity contribution < 1.29 is 27.6 Å². The molecule has 0 unspecified atom stereocenters. The monoisotopic (exact) mass is 662 g/mol. The molecule has 0 saturated carbocycles. The molecule has 0 spiro atoms. The Morgan fingerprint density at radius 3 is 2.33 bits per heavy atom. The largest absolute Gasteiger partial charge is 0.418 e. The number of hydrogen-bond acceptors (Lipinski definition) is 5. The summed E-state index contributed by atoms with van der Waals surface area (Å²) in [5.41, 5.74) is 0.959. The third-order valence-corrected chi connectivity index (χ3v) is 9.88. The highest BCUT2D eigenvalue weighted by molar-refractivity contribution is 6.33. The van der Waals surface area contributed by atoms with Gasteiger partial charge in [-0.2, -0.15) is 13.2 Å². The van der Waals surface area contributed by atoms with Gasteiger partial charge in [0.15, 0.2) is 0 Å². The molecule has 2 saturated heterocycles. The number of nitrogens with one attached hydrogen (secondary N) is 2. The lowest BCUT2D eigenvalue weighted by molar-refractivity contribution is -0.143. The number of likely N-dealkylation sites (tertiary alicyclic amines) is 2. The summed E-state index contributed by atoms with van der Waals surface area (Å²) in [6.07, 6.45) is -2.08. The zero-order valence-corrected chi connectivity index (χ0v) is 27.3. The fourth-order valence-corrected chi connectivity index (χ4v) is 7.27. The van der Waals surface area contributed by atoms with E-state index in [0.717, 1.165) is 30.2 Å². The molecule has 2 N–H and O–H groups in total. The van der Waals surface area contributed by atoms with Crippen molar-refractivity contribution in [3.8, 4) is 0 Å². The number of alkyl halides is 3. The van der Waals surface area contributed by atoms with E-state index in [-0.39, 0.29) is 53.0 Å². The summed E-state index contributed by atoms with van der Waals surface area (Å²) in [6.45, 7) is 2.38. The molecule has 0 bridgehead atoms. The van der Waals surface area contributed by atoms with Gasteiger partial charge in [0.2, 0.25) is 11.8 Å². The second-order valence-corrected chi connectivity index (χ2v) is 13.1. The van der Waals surface area contributed by atoms with Crippen molar-refractivity contribution in [2.75, 3.05) is 58.0 Å². The number of benzene rings is 2. The van der Waals surface area contributed by atoms with Gasteiger partial charge in [-0.3, -0.25) is 9.59 Å². The van der Waals surface area contributed by atoms with E-state index in [0.29, 0.717) is 51.6 Å². The van der Waals surface area contributed by atoms with Crippen LogP contribution >= 0.6 is 11.6 Å². The van der Waals surface area contributed by atoms with Gasteiger partial charge in [0, 0.05) is 64.0 Å². The highest BCUT2D eigenvalue weighted by Gasteiger charge is 2.38. The molecule has 3 aliphatic rings. The molecule has 5 rings (SSSR count). The first-order chi connectivity index (χ1) is 21.8. The molecule has 2 aromatic carbocycles. The highest BCUT2D eigenvalue weighted by Crippen LogP contribution is 2.40. The van der Waals surface area contributed by atoms with Gasteiger partial charge in [-0.05, 0) is 75.5 Å². The number of fused-ring (bicyclic) bond motifs is 1. The van der Waals surface area contributed by atoms with Crippen molar-refractivity contribution in [2.45, 2.75) is 63.3 Å². The number of piperidine rings is 2. The fourth-order valence-electron chi connectivity index (χ4n) is 6.93. The molecule has 0 aromatic heterocycles. The molecule has 250 valence electrons. The Bertz CT molecular complexity index is 1440.